The van der Waals surface area contributed by atoms with E-state index in [-0.39, 0.29) is 11.6 Å². The molecule has 0 nitrogen and oxygen atoms in total. The topological polar surface area (TPSA) is 0 Å². The van der Waals surface area contributed by atoms with Crippen molar-refractivity contribution in [1.82, 2.24) is 0 Å². The summed E-state index contributed by atoms with van der Waals surface area (Å²) in [5, 5.41) is 0. The molecule has 4 rings (SSSR count). The maximum absolute atomic E-state index is 13.6. The SMILES string of the molecule is CC(C)(C)c1ccc2c(c1-c1cc(C(F)(F)F)cc(C(F)(F)F)c1)C=C(c1ccccc1)[CH]2. The van der Waals surface area contributed by atoms with Crippen molar-refractivity contribution in [2.75, 3.05) is 0 Å². The first-order valence-corrected chi connectivity index (χ1v) is 10.3. The molecule has 0 unspecified atom stereocenters. The minimum Gasteiger partial charge on any atom is -0.166 e. The van der Waals surface area contributed by atoms with Gasteiger partial charge in [0.1, 0.15) is 0 Å². The molecule has 0 amide bonds. The van der Waals surface area contributed by atoms with Gasteiger partial charge in [-0.05, 0) is 68.6 Å². The summed E-state index contributed by atoms with van der Waals surface area (Å²) in [6, 6.07) is 14.9. The molecule has 3 aromatic rings. The van der Waals surface area contributed by atoms with E-state index >= 15 is 0 Å². The molecule has 0 atom stereocenters. The molecule has 0 saturated heterocycles. The Hall–Kier alpha value is -3.02. The highest BCUT2D eigenvalue weighted by atomic mass is 19.4. The fourth-order valence-corrected chi connectivity index (χ4v) is 4.11. The van der Waals surface area contributed by atoms with Gasteiger partial charge in [0.25, 0.3) is 0 Å². The number of alkyl halides is 6. The van der Waals surface area contributed by atoms with Crippen molar-refractivity contribution in [3.8, 4) is 11.1 Å². The lowest BCUT2D eigenvalue weighted by Crippen LogP contribution is -2.15. The van der Waals surface area contributed by atoms with Crippen LogP contribution < -0.4 is 0 Å². The third-order valence-corrected chi connectivity index (χ3v) is 5.68. The van der Waals surface area contributed by atoms with Crippen molar-refractivity contribution in [3.05, 3.63) is 100 Å². The van der Waals surface area contributed by atoms with Gasteiger partial charge in [-0.15, -0.1) is 0 Å². The first kappa shape index (κ1) is 23.1. The van der Waals surface area contributed by atoms with E-state index in [0.29, 0.717) is 16.7 Å². The third-order valence-electron chi connectivity index (χ3n) is 5.68. The van der Waals surface area contributed by atoms with E-state index in [1.54, 1.807) is 6.07 Å². The van der Waals surface area contributed by atoms with Crippen LogP contribution in [0.1, 0.15) is 54.2 Å². The second-order valence-corrected chi connectivity index (χ2v) is 9.15. The monoisotopic (exact) mass is 459 g/mol. The van der Waals surface area contributed by atoms with Gasteiger partial charge in [0.2, 0.25) is 0 Å². The average Bonchev–Trinajstić information content (AvgIpc) is 3.16. The third kappa shape index (κ3) is 4.56. The van der Waals surface area contributed by atoms with Gasteiger partial charge in [0, 0.05) is 6.42 Å². The Morgan fingerprint density at radius 2 is 1.21 bits per heavy atom. The smallest absolute Gasteiger partial charge is 0.166 e. The normalized spacial score (nSPS) is 14.3. The minimum absolute atomic E-state index is 0.0992. The maximum Gasteiger partial charge on any atom is 0.416 e. The zero-order valence-corrected chi connectivity index (χ0v) is 18.2. The molecule has 0 fully saturated rings. The van der Waals surface area contributed by atoms with Gasteiger partial charge in [-0.3, -0.25) is 0 Å². The van der Waals surface area contributed by atoms with Crippen LogP contribution >= 0.6 is 0 Å². The van der Waals surface area contributed by atoms with Gasteiger partial charge in [-0.1, -0.05) is 63.2 Å². The van der Waals surface area contributed by atoms with Crippen LogP contribution in [0.2, 0.25) is 0 Å². The molecular weight excluding hydrogens is 438 g/mol. The Kier molecular flexibility index (Phi) is 5.46. The van der Waals surface area contributed by atoms with Crippen LogP contribution in [0.3, 0.4) is 0 Å². The number of fused-ring (bicyclic) bond motifs is 1. The first-order valence-electron chi connectivity index (χ1n) is 10.3. The Bertz CT molecular complexity index is 1190. The molecule has 33 heavy (non-hydrogen) atoms. The molecule has 0 aliphatic heterocycles. The zero-order valence-electron chi connectivity index (χ0n) is 18.2. The highest BCUT2D eigenvalue weighted by Gasteiger charge is 2.38. The summed E-state index contributed by atoms with van der Waals surface area (Å²) in [6.45, 7) is 5.66. The summed E-state index contributed by atoms with van der Waals surface area (Å²) in [6.07, 6.45) is -6.08. The molecular formula is C27H21F6. The number of halogens is 6. The summed E-state index contributed by atoms with van der Waals surface area (Å²) < 4.78 is 81.3. The lowest BCUT2D eigenvalue weighted by Gasteiger charge is -2.26. The Morgan fingerprint density at radius 1 is 0.636 bits per heavy atom. The van der Waals surface area contributed by atoms with E-state index in [2.05, 4.69) is 0 Å². The average molecular weight is 459 g/mol. The summed E-state index contributed by atoms with van der Waals surface area (Å²) in [4.78, 5) is 0. The van der Waals surface area contributed by atoms with E-state index in [1.807, 2.05) is 69.7 Å². The zero-order chi connectivity index (χ0) is 24.2. The molecule has 0 heterocycles. The molecule has 6 heteroatoms. The van der Waals surface area contributed by atoms with Crippen LogP contribution in [0.25, 0.3) is 22.8 Å². The quantitative estimate of drug-likeness (QED) is 0.336. The first-order chi connectivity index (χ1) is 15.2. The van der Waals surface area contributed by atoms with E-state index in [9.17, 15) is 26.3 Å². The predicted octanol–water partition coefficient (Wildman–Crippen LogP) is 8.80. The van der Waals surface area contributed by atoms with Gasteiger partial charge < -0.3 is 0 Å². The standard InChI is InChI=1S/C27H21F6/c1-25(2,3)23-10-9-17-11-18(16-7-5-4-6-8-16)14-22(17)24(23)19-12-20(26(28,29)30)15-21(13-19)27(31,32)33/h4-15H,1-3H3. The summed E-state index contributed by atoms with van der Waals surface area (Å²) >= 11 is 0. The summed E-state index contributed by atoms with van der Waals surface area (Å²) in [5.74, 6) is 0. The summed E-state index contributed by atoms with van der Waals surface area (Å²) in [5.41, 5.74) is 0.942. The van der Waals surface area contributed by atoms with Gasteiger partial charge in [-0.25, -0.2) is 0 Å². The Balaban J connectivity index is 2.02. The second-order valence-electron chi connectivity index (χ2n) is 9.15. The Labute approximate surface area is 188 Å². The largest absolute Gasteiger partial charge is 0.416 e. The van der Waals surface area contributed by atoms with Gasteiger partial charge >= 0.3 is 12.4 Å². The predicted molar refractivity (Wildman–Crippen MR) is 118 cm³/mol. The number of benzene rings is 3. The fourth-order valence-electron chi connectivity index (χ4n) is 4.11. The molecule has 0 N–H and O–H groups in total. The number of allylic oxidation sites excluding steroid dienone is 1. The molecule has 0 spiro atoms. The van der Waals surface area contributed by atoms with Crippen molar-refractivity contribution in [2.24, 2.45) is 0 Å². The molecule has 1 aliphatic rings. The van der Waals surface area contributed by atoms with Crippen molar-refractivity contribution in [1.29, 1.82) is 0 Å². The van der Waals surface area contributed by atoms with Crippen LogP contribution in [0.15, 0.2) is 60.7 Å². The lowest BCUT2D eigenvalue weighted by molar-refractivity contribution is -0.143. The molecule has 0 bridgehead atoms. The lowest BCUT2D eigenvalue weighted by atomic mass is 9.78. The van der Waals surface area contributed by atoms with Gasteiger partial charge in [0.15, 0.2) is 0 Å². The second kappa shape index (κ2) is 7.79. The number of hydrogen-bond donors (Lipinski definition) is 0. The van der Waals surface area contributed by atoms with Crippen LogP contribution in [0.5, 0.6) is 0 Å². The molecule has 171 valence electrons. The van der Waals surface area contributed by atoms with Crippen molar-refractivity contribution >= 4 is 11.6 Å². The molecule has 3 aromatic carbocycles. The van der Waals surface area contributed by atoms with Crippen LogP contribution in [-0.4, -0.2) is 0 Å². The van der Waals surface area contributed by atoms with Crippen molar-refractivity contribution in [3.63, 3.8) is 0 Å². The van der Waals surface area contributed by atoms with E-state index < -0.39 is 28.9 Å². The van der Waals surface area contributed by atoms with E-state index in [1.165, 1.54) is 0 Å². The van der Waals surface area contributed by atoms with E-state index in [4.69, 9.17) is 0 Å². The Morgan fingerprint density at radius 3 is 1.73 bits per heavy atom. The van der Waals surface area contributed by atoms with Crippen LogP contribution in [-0.2, 0) is 17.8 Å². The highest BCUT2D eigenvalue weighted by Crippen LogP contribution is 2.46. The van der Waals surface area contributed by atoms with Crippen molar-refractivity contribution in [2.45, 2.75) is 38.5 Å². The van der Waals surface area contributed by atoms with E-state index in [0.717, 1.165) is 28.8 Å². The van der Waals surface area contributed by atoms with Crippen LogP contribution in [0.4, 0.5) is 26.3 Å². The van der Waals surface area contributed by atoms with Crippen LogP contribution in [0, 0.1) is 6.42 Å². The molecule has 0 saturated carbocycles. The van der Waals surface area contributed by atoms with Gasteiger partial charge in [-0.2, -0.15) is 26.3 Å². The fraction of sp³-hybridized carbons (Fsp3) is 0.222. The number of rotatable bonds is 2. The minimum atomic E-state index is -4.91. The van der Waals surface area contributed by atoms with Gasteiger partial charge in [0.05, 0.1) is 11.1 Å². The summed E-state index contributed by atoms with van der Waals surface area (Å²) in [7, 11) is 0. The molecule has 1 radical (unpaired) electrons. The highest BCUT2D eigenvalue weighted by molar-refractivity contribution is 5.99. The molecule has 0 aromatic heterocycles. The maximum atomic E-state index is 13.6. The van der Waals surface area contributed by atoms with Crippen molar-refractivity contribution < 1.29 is 26.3 Å². The molecule has 1 aliphatic carbocycles. The number of hydrogen-bond acceptors (Lipinski definition) is 0.